The molecule has 0 amide bonds. The Balaban J connectivity index is 1.10. The van der Waals surface area contributed by atoms with Crippen LogP contribution in [0.25, 0.3) is 123 Å². The Bertz CT molecular complexity index is 4430. The predicted octanol–water partition coefficient (Wildman–Crippen LogP) is 17.8. The van der Waals surface area contributed by atoms with Gasteiger partial charge in [-0.05, 0) is 164 Å². The zero-order valence-electron chi connectivity index (χ0n) is 43.3. The summed E-state index contributed by atoms with van der Waals surface area (Å²) in [6.45, 7) is 13.2. The van der Waals surface area contributed by atoms with Crippen LogP contribution in [0.15, 0.2) is 206 Å². The van der Waals surface area contributed by atoms with Gasteiger partial charge in [-0.25, -0.2) is 15.0 Å². The van der Waals surface area contributed by atoms with Crippen LogP contribution in [0.3, 0.4) is 0 Å². The number of fused-ring (bicyclic) bond motifs is 6. The van der Waals surface area contributed by atoms with E-state index in [0.29, 0.717) is 23.0 Å². The maximum Gasteiger partial charge on any atom is 0.164 e. The minimum absolute atomic E-state index is 0.522. The zero-order chi connectivity index (χ0) is 51.8. The van der Waals surface area contributed by atoms with Gasteiger partial charge in [0.2, 0.25) is 0 Å². The number of nitriles is 1. The van der Waals surface area contributed by atoms with Crippen molar-refractivity contribution in [3.05, 3.63) is 245 Å². The second-order valence-corrected chi connectivity index (χ2v) is 20.3. The molecule has 10 aromatic carbocycles. The van der Waals surface area contributed by atoms with E-state index >= 15 is 0 Å². The van der Waals surface area contributed by atoms with E-state index in [2.05, 4.69) is 190 Å². The van der Waals surface area contributed by atoms with E-state index in [-0.39, 0.29) is 0 Å². The molecule has 0 aliphatic rings. The molecule has 13 rings (SSSR count). The molecule has 0 bridgehead atoms. The summed E-state index contributed by atoms with van der Waals surface area (Å²) in [4.78, 5) is 15.8. The number of aromatic nitrogens is 5. The fraction of sp³-hybridized carbons (Fsp3) is 0.0857. The van der Waals surface area contributed by atoms with Gasteiger partial charge in [-0.3, -0.25) is 0 Å². The molecule has 6 heteroatoms. The first-order valence-corrected chi connectivity index (χ1v) is 25.9. The molecule has 0 unspecified atom stereocenters. The van der Waals surface area contributed by atoms with Crippen molar-refractivity contribution in [2.75, 3.05) is 0 Å². The molecule has 3 aromatic heterocycles. The van der Waals surface area contributed by atoms with Crippen LogP contribution in [0.4, 0.5) is 0 Å². The molecular formula is C70H52N6. The molecule has 0 saturated heterocycles. The van der Waals surface area contributed by atoms with Crippen LogP contribution in [0.5, 0.6) is 0 Å². The van der Waals surface area contributed by atoms with E-state index < -0.39 is 0 Å². The van der Waals surface area contributed by atoms with Crippen molar-refractivity contribution < 1.29 is 0 Å². The normalized spacial score (nSPS) is 11.5. The Hall–Kier alpha value is -9.70. The maximum absolute atomic E-state index is 10.8. The van der Waals surface area contributed by atoms with Gasteiger partial charge >= 0.3 is 0 Å². The molecule has 6 nitrogen and oxygen atoms in total. The fourth-order valence-electron chi connectivity index (χ4n) is 12.1. The van der Waals surface area contributed by atoms with Crippen molar-refractivity contribution in [2.45, 2.75) is 41.5 Å². The summed E-state index contributed by atoms with van der Waals surface area (Å²) >= 11 is 0. The Labute approximate surface area is 442 Å². The fourth-order valence-corrected chi connectivity index (χ4v) is 12.1. The van der Waals surface area contributed by atoms with Gasteiger partial charge in [-0.15, -0.1) is 0 Å². The number of hydrogen-bond acceptors (Lipinski definition) is 4. The first-order chi connectivity index (χ1) is 37.1. The Morgan fingerprint density at radius 2 is 0.803 bits per heavy atom. The number of aryl methyl sites for hydroxylation is 6. The van der Waals surface area contributed by atoms with Gasteiger partial charge in [0.1, 0.15) is 0 Å². The smallest absolute Gasteiger partial charge is 0.164 e. The first kappa shape index (κ1) is 46.1. The summed E-state index contributed by atoms with van der Waals surface area (Å²) in [5.41, 5.74) is 23.5. The highest BCUT2D eigenvalue weighted by molar-refractivity contribution is 6.12. The quantitative estimate of drug-likeness (QED) is 0.152. The number of hydrogen-bond donors (Lipinski definition) is 0. The summed E-state index contributed by atoms with van der Waals surface area (Å²) in [7, 11) is 0. The van der Waals surface area contributed by atoms with Crippen molar-refractivity contribution >= 4 is 43.6 Å². The molecule has 0 saturated carbocycles. The lowest BCUT2D eigenvalue weighted by atomic mass is 9.93. The zero-order valence-corrected chi connectivity index (χ0v) is 43.3. The first-order valence-electron chi connectivity index (χ1n) is 25.9. The molecule has 3 heterocycles. The topological polar surface area (TPSA) is 72.3 Å². The molecule has 0 N–H and O–H groups in total. The molecule has 0 spiro atoms. The second kappa shape index (κ2) is 18.3. The highest BCUT2D eigenvalue weighted by atomic mass is 15.0. The van der Waals surface area contributed by atoms with Crippen LogP contribution in [0, 0.1) is 52.9 Å². The third-order valence-corrected chi connectivity index (χ3v) is 15.1. The molecule has 0 fully saturated rings. The summed E-state index contributed by atoms with van der Waals surface area (Å²) in [6.07, 6.45) is 0. The number of rotatable bonds is 8. The third-order valence-electron chi connectivity index (χ3n) is 15.1. The number of benzene rings is 10. The average molecular weight is 977 g/mol. The number of nitrogens with zero attached hydrogens (tertiary/aromatic N) is 6. The highest BCUT2D eigenvalue weighted by Gasteiger charge is 2.24. The van der Waals surface area contributed by atoms with Crippen LogP contribution in [0.2, 0.25) is 0 Å². The molecule has 0 atom stereocenters. The van der Waals surface area contributed by atoms with Crippen molar-refractivity contribution in [1.82, 2.24) is 24.1 Å². The molecular weight excluding hydrogens is 925 g/mol. The minimum Gasteiger partial charge on any atom is -0.309 e. The van der Waals surface area contributed by atoms with Gasteiger partial charge in [-0.2, -0.15) is 5.26 Å². The Morgan fingerprint density at radius 3 is 1.33 bits per heavy atom. The van der Waals surface area contributed by atoms with E-state index in [1.165, 1.54) is 61.0 Å². The summed E-state index contributed by atoms with van der Waals surface area (Å²) < 4.78 is 4.74. The lowest BCUT2D eigenvalue weighted by Crippen LogP contribution is -2.04. The van der Waals surface area contributed by atoms with Gasteiger partial charge in [0, 0.05) is 49.5 Å². The van der Waals surface area contributed by atoms with E-state index in [9.17, 15) is 5.26 Å². The molecule has 0 radical (unpaired) electrons. The maximum atomic E-state index is 10.8. The van der Waals surface area contributed by atoms with Crippen LogP contribution in [0.1, 0.15) is 38.9 Å². The van der Waals surface area contributed by atoms with Crippen LogP contribution in [-0.2, 0) is 0 Å². The second-order valence-electron chi connectivity index (χ2n) is 20.3. The lowest BCUT2D eigenvalue weighted by Gasteiger charge is -2.19. The predicted molar refractivity (Wildman–Crippen MR) is 314 cm³/mol. The summed E-state index contributed by atoms with van der Waals surface area (Å²) in [5.74, 6) is 1.66. The average Bonchev–Trinajstić information content (AvgIpc) is 4.08. The molecule has 13 aromatic rings. The van der Waals surface area contributed by atoms with E-state index in [0.717, 1.165) is 77.4 Å². The van der Waals surface area contributed by atoms with Crippen molar-refractivity contribution in [3.8, 4) is 85.0 Å². The standard InChI is InChI=1S/C70H52N6/c1-42-33-44(3)66(45(4)34-42)51-26-31-63-59(38-51)54-21-13-15-23-61(54)75(63)53-28-29-56(70-73-68(49-17-9-7-10-18-49)72-69(74-70)50-19-11-8-12-20-50)57(40-53)58-37-48(41-71)25-30-64(58)76-62-24-16-14-22-55(62)60-39-52(27-32-65(60)76)67-46(5)35-43(2)36-47(67)6/h7-40H,1-6H3. The van der Waals surface area contributed by atoms with Crippen LogP contribution >= 0.6 is 0 Å². The van der Waals surface area contributed by atoms with E-state index in [1.807, 2.05) is 72.8 Å². The summed E-state index contributed by atoms with van der Waals surface area (Å²) in [6, 6.07) is 75.6. The molecule has 0 aliphatic heterocycles. The summed E-state index contributed by atoms with van der Waals surface area (Å²) in [5, 5.41) is 15.4. The minimum atomic E-state index is 0.522. The van der Waals surface area contributed by atoms with Gasteiger partial charge in [-0.1, -0.05) is 145 Å². The van der Waals surface area contributed by atoms with Crippen molar-refractivity contribution in [2.24, 2.45) is 0 Å². The number of para-hydroxylation sites is 2. The Morgan fingerprint density at radius 1 is 0.342 bits per heavy atom. The van der Waals surface area contributed by atoms with Crippen LogP contribution in [-0.4, -0.2) is 24.1 Å². The van der Waals surface area contributed by atoms with Crippen molar-refractivity contribution in [3.63, 3.8) is 0 Å². The molecule has 0 aliphatic carbocycles. The van der Waals surface area contributed by atoms with Gasteiger partial charge in [0.05, 0.1) is 39.4 Å². The van der Waals surface area contributed by atoms with E-state index in [4.69, 9.17) is 15.0 Å². The molecule has 362 valence electrons. The monoisotopic (exact) mass is 976 g/mol. The highest BCUT2D eigenvalue weighted by Crippen LogP contribution is 2.44. The van der Waals surface area contributed by atoms with Gasteiger partial charge in [0.25, 0.3) is 0 Å². The van der Waals surface area contributed by atoms with Crippen LogP contribution < -0.4 is 0 Å². The largest absolute Gasteiger partial charge is 0.309 e. The van der Waals surface area contributed by atoms with Crippen molar-refractivity contribution in [1.29, 1.82) is 5.26 Å². The van der Waals surface area contributed by atoms with E-state index in [1.54, 1.807) is 0 Å². The SMILES string of the molecule is Cc1cc(C)c(-c2ccc3c(c2)c2ccccc2n3-c2ccc(-c3nc(-c4ccccc4)nc(-c4ccccc4)n3)c(-c3cc(C#N)ccc3-n3c4ccccc4c4cc(-c5c(C)cc(C)cc5C)ccc43)c2)c(C)c1. The van der Waals surface area contributed by atoms with Gasteiger partial charge < -0.3 is 9.13 Å². The lowest BCUT2D eigenvalue weighted by molar-refractivity contribution is 1.07. The van der Waals surface area contributed by atoms with Gasteiger partial charge in [0.15, 0.2) is 17.5 Å². The third kappa shape index (κ3) is 7.75. The Kier molecular flexibility index (Phi) is 11.1. The molecule has 76 heavy (non-hydrogen) atoms.